The fraction of sp³-hybridized carbons (Fsp3) is 0.111. The first-order valence-electron chi connectivity index (χ1n) is 3.50. The van der Waals surface area contributed by atoms with Gasteiger partial charge in [-0.15, -0.1) is 0 Å². The third-order valence-electron chi connectivity index (χ3n) is 1.41. The van der Waals surface area contributed by atoms with Crippen LogP contribution in [-0.2, 0) is 0 Å². The van der Waals surface area contributed by atoms with Crippen LogP contribution in [0.1, 0.15) is 5.56 Å². The summed E-state index contributed by atoms with van der Waals surface area (Å²) in [5.41, 5.74) is 0.681. The second kappa shape index (κ2) is 4.23. The van der Waals surface area contributed by atoms with Crippen molar-refractivity contribution >= 4 is 17.7 Å². The van der Waals surface area contributed by atoms with Crippen molar-refractivity contribution in [2.24, 2.45) is 0 Å². The Bertz CT molecular complexity index is 312. The third-order valence-corrected chi connectivity index (χ3v) is 1.72. The maximum atomic E-state index is 11.8. The summed E-state index contributed by atoms with van der Waals surface area (Å²) in [6, 6.07) is 4.55. The minimum Gasteiger partial charge on any atom is -0.433 e. The molecule has 0 saturated carbocycles. The zero-order valence-corrected chi connectivity index (χ0v) is 7.39. The number of hydrogen-bond donors (Lipinski definition) is 0. The molecule has 1 rings (SSSR count). The molecule has 0 aliphatic heterocycles. The third kappa shape index (κ3) is 2.70. The summed E-state index contributed by atoms with van der Waals surface area (Å²) in [5, 5.41) is 0.158. The Morgan fingerprint density at radius 2 is 2.15 bits per heavy atom. The Hall–Kier alpha value is -1.09. The van der Waals surface area contributed by atoms with Gasteiger partial charge in [-0.3, -0.25) is 0 Å². The first kappa shape index (κ1) is 9.99. The summed E-state index contributed by atoms with van der Waals surface area (Å²) in [4.78, 5) is 0. The maximum absolute atomic E-state index is 11.8. The predicted octanol–water partition coefficient (Wildman–Crippen LogP) is 3.58. The summed E-state index contributed by atoms with van der Waals surface area (Å²) in [6.45, 7) is 0.631. The first-order chi connectivity index (χ1) is 6.13. The lowest BCUT2D eigenvalue weighted by Crippen LogP contribution is -2.02. The Morgan fingerprint density at radius 3 is 2.69 bits per heavy atom. The van der Waals surface area contributed by atoms with Crippen LogP contribution < -0.4 is 4.74 Å². The van der Waals surface area contributed by atoms with Crippen LogP contribution in [0.3, 0.4) is 0 Å². The molecule has 1 aromatic carbocycles. The fourth-order valence-electron chi connectivity index (χ4n) is 0.833. The van der Waals surface area contributed by atoms with E-state index in [1.54, 1.807) is 6.07 Å². The van der Waals surface area contributed by atoms with E-state index in [-0.39, 0.29) is 10.8 Å². The van der Waals surface area contributed by atoms with E-state index in [1.165, 1.54) is 18.2 Å². The Balaban J connectivity index is 2.96. The molecule has 13 heavy (non-hydrogen) atoms. The Kier molecular flexibility index (Phi) is 3.25. The van der Waals surface area contributed by atoms with Crippen LogP contribution in [0.25, 0.3) is 6.08 Å². The molecule has 0 fully saturated rings. The fourth-order valence-corrected chi connectivity index (χ4v) is 0.995. The van der Waals surface area contributed by atoms with Gasteiger partial charge < -0.3 is 4.74 Å². The molecule has 0 aliphatic rings. The summed E-state index contributed by atoms with van der Waals surface area (Å²) in [5.74, 6) is -0.0333. The van der Waals surface area contributed by atoms with Crippen LogP contribution in [0.4, 0.5) is 8.78 Å². The van der Waals surface area contributed by atoms with Gasteiger partial charge in [-0.2, -0.15) is 8.78 Å². The van der Waals surface area contributed by atoms with E-state index in [1.807, 2.05) is 0 Å². The lowest BCUT2D eigenvalue weighted by Gasteiger charge is -2.06. The molecule has 0 spiro atoms. The molecule has 0 bridgehead atoms. The van der Waals surface area contributed by atoms with Gasteiger partial charge in [-0.1, -0.05) is 30.3 Å². The second-order valence-electron chi connectivity index (χ2n) is 2.27. The van der Waals surface area contributed by atoms with E-state index in [2.05, 4.69) is 11.3 Å². The molecule has 1 nitrogen and oxygen atoms in total. The second-order valence-corrected chi connectivity index (χ2v) is 2.68. The molecular formula is C9H7ClF2O. The van der Waals surface area contributed by atoms with E-state index in [0.29, 0.717) is 5.56 Å². The van der Waals surface area contributed by atoms with E-state index in [0.717, 1.165) is 0 Å². The Morgan fingerprint density at radius 1 is 1.46 bits per heavy atom. The highest BCUT2D eigenvalue weighted by atomic mass is 35.5. The van der Waals surface area contributed by atoms with E-state index in [4.69, 9.17) is 11.6 Å². The minimum absolute atomic E-state index is 0.0333. The van der Waals surface area contributed by atoms with Gasteiger partial charge in [0.15, 0.2) is 0 Å². The van der Waals surface area contributed by atoms with Crippen LogP contribution in [0.2, 0.25) is 5.02 Å². The summed E-state index contributed by atoms with van der Waals surface area (Å²) >= 11 is 5.60. The maximum Gasteiger partial charge on any atom is 0.387 e. The normalized spacial score (nSPS) is 10.2. The quantitative estimate of drug-likeness (QED) is 0.731. The average molecular weight is 205 g/mol. The average Bonchev–Trinajstić information content (AvgIpc) is 2.08. The predicted molar refractivity (Wildman–Crippen MR) is 48.2 cm³/mol. The van der Waals surface area contributed by atoms with Crippen LogP contribution in [0.15, 0.2) is 24.8 Å². The SMILES string of the molecule is C=Cc1ccc(Cl)c(OC(F)F)c1. The number of ether oxygens (including phenoxy) is 1. The summed E-state index contributed by atoms with van der Waals surface area (Å²) in [7, 11) is 0. The standard InChI is InChI=1S/C9H7ClF2O/c1-2-6-3-4-7(10)8(5-6)13-9(11)12/h2-5,9H,1H2. The molecule has 0 saturated heterocycles. The van der Waals surface area contributed by atoms with Gasteiger partial charge in [0.25, 0.3) is 0 Å². The van der Waals surface area contributed by atoms with Gasteiger partial charge in [0.2, 0.25) is 0 Å². The van der Waals surface area contributed by atoms with Gasteiger partial charge >= 0.3 is 6.61 Å². The van der Waals surface area contributed by atoms with Crippen molar-refractivity contribution < 1.29 is 13.5 Å². The molecule has 0 radical (unpaired) electrons. The molecule has 0 N–H and O–H groups in total. The van der Waals surface area contributed by atoms with Crippen molar-refractivity contribution in [2.75, 3.05) is 0 Å². The van der Waals surface area contributed by atoms with Gasteiger partial charge in [0.1, 0.15) is 5.75 Å². The molecule has 1 aromatic rings. The van der Waals surface area contributed by atoms with Crippen LogP contribution >= 0.6 is 11.6 Å². The van der Waals surface area contributed by atoms with Gasteiger partial charge in [0, 0.05) is 0 Å². The van der Waals surface area contributed by atoms with Gasteiger partial charge in [-0.05, 0) is 17.7 Å². The molecule has 0 aliphatic carbocycles. The van der Waals surface area contributed by atoms with E-state index < -0.39 is 6.61 Å². The number of alkyl halides is 2. The highest BCUT2D eigenvalue weighted by Gasteiger charge is 2.08. The minimum atomic E-state index is -2.86. The molecule has 0 amide bonds. The smallest absolute Gasteiger partial charge is 0.387 e. The highest BCUT2D eigenvalue weighted by molar-refractivity contribution is 6.32. The number of rotatable bonds is 3. The topological polar surface area (TPSA) is 9.23 Å². The van der Waals surface area contributed by atoms with E-state index in [9.17, 15) is 8.78 Å². The van der Waals surface area contributed by atoms with Gasteiger partial charge in [-0.25, -0.2) is 0 Å². The van der Waals surface area contributed by atoms with Crippen LogP contribution in [-0.4, -0.2) is 6.61 Å². The number of halogens is 3. The lowest BCUT2D eigenvalue weighted by molar-refractivity contribution is -0.0497. The zero-order valence-electron chi connectivity index (χ0n) is 6.64. The Labute approximate surface area is 79.6 Å². The largest absolute Gasteiger partial charge is 0.433 e. The molecule has 0 heterocycles. The molecule has 0 atom stereocenters. The monoisotopic (exact) mass is 204 g/mol. The molecular weight excluding hydrogens is 198 g/mol. The summed E-state index contributed by atoms with van der Waals surface area (Å²) in [6.07, 6.45) is 1.52. The van der Waals surface area contributed by atoms with Gasteiger partial charge in [0.05, 0.1) is 5.02 Å². The van der Waals surface area contributed by atoms with Crippen molar-refractivity contribution in [3.63, 3.8) is 0 Å². The molecule has 70 valence electrons. The van der Waals surface area contributed by atoms with Crippen molar-refractivity contribution in [1.29, 1.82) is 0 Å². The van der Waals surface area contributed by atoms with E-state index >= 15 is 0 Å². The highest BCUT2D eigenvalue weighted by Crippen LogP contribution is 2.27. The first-order valence-corrected chi connectivity index (χ1v) is 3.88. The lowest BCUT2D eigenvalue weighted by atomic mass is 10.2. The molecule has 0 aromatic heterocycles. The summed E-state index contributed by atoms with van der Waals surface area (Å²) < 4.78 is 27.8. The molecule has 4 heteroatoms. The molecule has 0 unspecified atom stereocenters. The van der Waals surface area contributed by atoms with Crippen molar-refractivity contribution in [2.45, 2.75) is 6.61 Å². The van der Waals surface area contributed by atoms with Crippen LogP contribution in [0, 0.1) is 0 Å². The van der Waals surface area contributed by atoms with Crippen molar-refractivity contribution in [3.8, 4) is 5.75 Å². The van der Waals surface area contributed by atoms with Crippen molar-refractivity contribution in [1.82, 2.24) is 0 Å². The van der Waals surface area contributed by atoms with Crippen LogP contribution in [0.5, 0.6) is 5.75 Å². The number of benzene rings is 1. The van der Waals surface area contributed by atoms with Crippen molar-refractivity contribution in [3.05, 3.63) is 35.4 Å². The zero-order chi connectivity index (χ0) is 9.84. The number of hydrogen-bond acceptors (Lipinski definition) is 1.